The van der Waals surface area contributed by atoms with Crippen molar-refractivity contribution in [3.05, 3.63) is 59.7 Å². The van der Waals surface area contributed by atoms with Crippen molar-refractivity contribution in [2.75, 3.05) is 20.2 Å². The summed E-state index contributed by atoms with van der Waals surface area (Å²) in [6.07, 6.45) is 3.73. The van der Waals surface area contributed by atoms with E-state index in [2.05, 4.69) is 0 Å². The number of benzene rings is 2. The molecule has 6 nitrogen and oxygen atoms in total. The van der Waals surface area contributed by atoms with Crippen LogP contribution in [0.5, 0.6) is 5.75 Å². The number of amides is 1. The summed E-state index contributed by atoms with van der Waals surface area (Å²) >= 11 is 0. The molecule has 0 atom stereocenters. The quantitative estimate of drug-likeness (QED) is 0.697. The Morgan fingerprint density at radius 1 is 1.10 bits per heavy atom. The topological polar surface area (TPSA) is 66.9 Å². The van der Waals surface area contributed by atoms with Crippen LogP contribution in [0.2, 0.25) is 0 Å². The van der Waals surface area contributed by atoms with E-state index in [0.717, 1.165) is 37.0 Å². The summed E-state index contributed by atoms with van der Waals surface area (Å²) in [6.45, 7) is 1.59. The van der Waals surface area contributed by atoms with Crippen molar-refractivity contribution in [3.63, 3.8) is 0 Å². The number of hydrogen-bond donors (Lipinski definition) is 0. The number of hydrogen-bond acceptors (Lipinski definition) is 4. The molecule has 2 aromatic carbocycles. The predicted molar refractivity (Wildman–Crippen MR) is 110 cm³/mol. The summed E-state index contributed by atoms with van der Waals surface area (Å²) in [5.74, 6) is 0.652. The van der Waals surface area contributed by atoms with Gasteiger partial charge in [0.1, 0.15) is 5.75 Å². The first-order valence-electron chi connectivity index (χ1n) is 10.0. The fourth-order valence-electron chi connectivity index (χ4n) is 3.71. The molecule has 0 radical (unpaired) electrons. The molecule has 1 aliphatic heterocycles. The van der Waals surface area contributed by atoms with Gasteiger partial charge in [-0.15, -0.1) is 0 Å². The third-order valence-corrected chi connectivity index (χ3v) is 7.44. The zero-order chi connectivity index (χ0) is 20.4. The zero-order valence-electron chi connectivity index (χ0n) is 16.6. The summed E-state index contributed by atoms with van der Waals surface area (Å²) in [7, 11) is -1.92. The maximum absolute atomic E-state index is 13.2. The Balaban J connectivity index is 1.56. The Bertz CT molecular complexity index is 978. The van der Waals surface area contributed by atoms with Crippen molar-refractivity contribution in [2.45, 2.75) is 43.2 Å². The van der Waals surface area contributed by atoms with E-state index in [1.54, 1.807) is 25.3 Å². The van der Waals surface area contributed by atoms with Gasteiger partial charge in [0, 0.05) is 31.2 Å². The van der Waals surface area contributed by atoms with Crippen LogP contribution in [0.4, 0.5) is 0 Å². The van der Waals surface area contributed by atoms with E-state index in [9.17, 15) is 13.2 Å². The second-order valence-corrected chi connectivity index (χ2v) is 9.59. The lowest BCUT2D eigenvalue weighted by Crippen LogP contribution is -2.33. The first kappa shape index (κ1) is 19.9. The molecule has 0 spiro atoms. The number of methoxy groups -OCH3 is 1. The van der Waals surface area contributed by atoms with Gasteiger partial charge in [-0.2, -0.15) is 4.31 Å². The molecule has 1 aliphatic carbocycles. The van der Waals surface area contributed by atoms with Crippen LogP contribution in [0.15, 0.2) is 53.4 Å². The molecule has 29 heavy (non-hydrogen) atoms. The molecule has 0 N–H and O–H groups in total. The molecule has 7 heteroatoms. The standard InChI is InChI=1S/C22H26N2O4S/c1-28-20-11-7-17(8-12-20)16-24(19-9-10-19)22(25)18-5-4-6-21(15-18)29(26,27)23-13-2-3-14-23/h4-8,11-12,15,19H,2-3,9-10,13-14,16H2,1H3. The lowest BCUT2D eigenvalue weighted by molar-refractivity contribution is 0.0729. The number of ether oxygens (including phenoxy) is 1. The van der Waals surface area contributed by atoms with E-state index in [0.29, 0.717) is 25.2 Å². The number of nitrogens with zero attached hydrogens (tertiary/aromatic N) is 2. The zero-order valence-corrected chi connectivity index (χ0v) is 17.4. The van der Waals surface area contributed by atoms with E-state index in [4.69, 9.17) is 4.74 Å². The largest absolute Gasteiger partial charge is 0.497 e. The second kappa shape index (κ2) is 8.16. The SMILES string of the molecule is COc1ccc(CN(C(=O)c2cccc(S(=O)(=O)N3CCCC3)c2)C2CC2)cc1. The van der Waals surface area contributed by atoms with Crippen molar-refractivity contribution in [3.8, 4) is 5.75 Å². The molecular weight excluding hydrogens is 388 g/mol. The monoisotopic (exact) mass is 414 g/mol. The number of carbonyl (C=O) groups excluding carboxylic acids is 1. The fourth-order valence-corrected chi connectivity index (χ4v) is 5.28. The predicted octanol–water partition coefficient (Wildman–Crippen LogP) is 3.28. The van der Waals surface area contributed by atoms with Gasteiger partial charge >= 0.3 is 0 Å². The van der Waals surface area contributed by atoms with Crippen LogP contribution in [0.1, 0.15) is 41.6 Å². The smallest absolute Gasteiger partial charge is 0.254 e. The Kier molecular flexibility index (Phi) is 5.61. The summed E-state index contributed by atoms with van der Waals surface area (Å²) in [5.41, 5.74) is 1.44. The molecular formula is C22H26N2O4S. The molecule has 0 aromatic heterocycles. The fraction of sp³-hybridized carbons (Fsp3) is 0.409. The minimum Gasteiger partial charge on any atom is -0.497 e. The highest BCUT2D eigenvalue weighted by Gasteiger charge is 2.34. The van der Waals surface area contributed by atoms with Crippen LogP contribution >= 0.6 is 0 Å². The highest BCUT2D eigenvalue weighted by atomic mass is 32.2. The maximum Gasteiger partial charge on any atom is 0.254 e. The molecule has 1 heterocycles. The first-order valence-corrected chi connectivity index (χ1v) is 11.5. The lowest BCUT2D eigenvalue weighted by atomic mass is 10.1. The van der Waals surface area contributed by atoms with Gasteiger partial charge in [0.2, 0.25) is 10.0 Å². The van der Waals surface area contributed by atoms with E-state index < -0.39 is 10.0 Å². The van der Waals surface area contributed by atoms with Crippen molar-refractivity contribution in [2.24, 2.45) is 0 Å². The van der Waals surface area contributed by atoms with Gasteiger partial charge in [0.05, 0.1) is 12.0 Å². The van der Waals surface area contributed by atoms with Crippen LogP contribution in [-0.4, -0.2) is 49.8 Å². The molecule has 1 saturated carbocycles. The van der Waals surface area contributed by atoms with Crippen molar-refractivity contribution < 1.29 is 17.9 Å². The van der Waals surface area contributed by atoms with Crippen LogP contribution in [0.3, 0.4) is 0 Å². The van der Waals surface area contributed by atoms with E-state index in [1.807, 2.05) is 29.2 Å². The summed E-state index contributed by atoms with van der Waals surface area (Å²) in [4.78, 5) is 15.3. The number of sulfonamides is 1. The van der Waals surface area contributed by atoms with Gasteiger partial charge in [-0.05, 0) is 61.6 Å². The average molecular weight is 415 g/mol. The third kappa shape index (κ3) is 4.31. The van der Waals surface area contributed by atoms with E-state index in [1.165, 1.54) is 10.4 Å². The Labute approximate surface area is 172 Å². The molecule has 1 saturated heterocycles. The normalized spacial score (nSPS) is 17.3. The van der Waals surface area contributed by atoms with Gasteiger partial charge in [-0.1, -0.05) is 18.2 Å². The highest BCUT2D eigenvalue weighted by molar-refractivity contribution is 7.89. The summed E-state index contributed by atoms with van der Waals surface area (Å²) in [5, 5.41) is 0. The summed E-state index contributed by atoms with van der Waals surface area (Å²) < 4.78 is 32.4. The Morgan fingerprint density at radius 2 is 1.79 bits per heavy atom. The molecule has 1 amide bonds. The molecule has 4 rings (SSSR count). The number of rotatable bonds is 7. The van der Waals surface area contributed by atoms with Gasteiger partial charge in [-0.25, -0.2) is 8.42 Å². The highest BCUT2D eigenvalue weighted by Crippen LogP contribution is 2.31. The molecule has 2 fully saturated rings. The second-order valence-electron chi connectivity index (χ2n) is 7.65. The lowest BCUT2D eigenvalue weighted by Gasteiger charge is -2.23. The number of carbonyl (C=O) groups is 1. The van der Waals surface area contributed by atoms with Crippen molar-refractivity contribution >= 4 is 15.9 Å². The Morgan fingerprint density at radius 3 is 2.41 bits per heavy atom. The summed E-state index contributed by atoms with van der Waals surface area (Å²) in [6, 6.07) is 14.4. The molecule has 2 aromatic rings. The molecule has 0 bridgehead atoms. The van der Waals surface area contributed by atoms with Crippen molar-refractivity contribution in [1.82, 2.24) is 9.21 Å². The minimum absolute atomic E-state index is 0.123. The van der Waals surface area contributed by atoms with Crippen LogP contribution in [0, 0.1) is 0 Å². The molecule has 0 unspecified atom stereocenters. The van der Waals surface area contributed by atoms with Crippen molar-refractivity contribution in [1.29, 1.82) is 0 Å². The van der Waals surface area contributed by atoms with Crippen LogP contribution < -0.4 is 4.74 Å². The van der Waals surface area contributed by atoms with E-state index >= 15 is 0 Å². The Hall–Kier alpha value is -2.38. The molecule has 2 aliphatic rings. The van der Waals surface area contributed by atoms with Crippen LogP contribution in [0.25, 0.3) is 0 Å². The van der Waals surface area contributed by atoms with Crippen LogP contribution in [-0.2, 0) is 16.6 Å². The maximum atomic E-state index is 13.2. The third-order valence-electron chi connectivity index (χ3n) is 5.54. The van der Waals surface area contributed by atoms with Gasteiger partial charge in [0.15, 0.2) is 0 Å². The first-order chi connectivity index (χ1) is 14.0. The van der Waals surface area contributed by atoms with Gasteiger partial charge < -0.3 is 9.64 Å². The van der Waals surface area contributed by atoms with Gasteiger partial charge in [-0.3, -0.25) is 4.79 Å². The minimum atomic E-state index is -3.54. The molecule has 154 valence electrons. The van der Waals surface area contributed by atoms with Gasteiger partial charge in [0.25, 0.3) is 5.91 Å². The average Bonchev–Trinajstić information content (AvgIpc) is 3.43. The van der Waals surface area contributed by atoms with E-state index in [-0.39, 0.29) is 16.8 Å².